The van der Waals surface area contributed by atoms with Gasteiger partial charge in [0.2, 0.25) is 0 Å². The monoisotopic (exact) mass is 411 g/mol. The Kier molecular flexibility index (Phi) is 7.37. The Balaban J connectivity index is 1.75. The van der Waals surface area contributed by atoms with Crippen LogP contribution in [0, 0.1) is 6.92 Å². The van der Waals surface area contributed by atoms with E-state index in [2.05, 4.69) is 55.1 Å². The molecule has 0 atom stereocenters. The van der Waals surface area contributed by atoms with E-state index in [1.165, 1.54) is 5.69 Å². The van der Waals surface area contributed by atoms with Gasteiger partial charge in [0.1, 0.15) is 5.84 Å². The van der Waals surface area contributed by atoms with Crippen LogP contribution < -0.4 is 20.9 Å². The first kappa shape index (κ1) is 21.0. The molecule has 1 aliphatic heterocycles. The van der Waals surface area contributed by atoms with Crippen molar-refractivity contribution in [2.24, 2.45) is 9.98 Å². The van der Waals surface area contributed by atoms with Crippen molar-refractivity contribution >= 4 is 45.6 Å². The Labute approximate surface area is 176 Å². The van der Waals surface area contributed by atoms with E-state index in [9.17, 15) is 0 Å². The molecule has 2 aromatic rings. The number of benzene rings is 1. The van der Waals surface area contributed by atoms with Crippen LogP contribution in [0.2, 0.25) is 0 Å². The average molecular weight is 412 g/mol. The molecule has 3 rings (SSSR count). The minimum atomic E-state index is 0.814. The lowest BCUT2D eigenvalue weighted by molar-refractivity contribution is 0.589. The van der Waals surface area contributed by atoms with Crippen LogP contribution >= 0.6 is 11.3 Å². The highest BCUT2D eigenvalue weighted by Gasteiger charge is 2.12. The van der Waals surface area contributed by atoms with Crippen LogP contribution in [0.5, 0.6) is 0 Å². The number of aromatic nitrogens is 1. The molecule has 1 saturated heterocycles. The Morgan fingerprint density at radius 2 is 1.97 bits per heavy atom. The van der Waals surface area contributed by atoms with Crippen LogP contribution in [-0.4, -0.2) is 57.3 Å². The van der Waals surface area contributed by atoms with E-state index >= 15 is 0 Å². The third-order valence-corrected chi connectivity index (χ3v) is 5.78. The summed E-state index contributed by atoms with van der Waals surface area (Å²) in [4.78, 5) is 16.8. The molecule has 3 N–H and O–H groups in total. The van der Waals surface area contributed by atoms with Crippen molar-refractivity contribution in [3.8, 4) is 0 Å². The number of anilines is 3. The molecule has 1 aromatic heterocycles. The van der Waals surface area contributed by atoms with Crippen molar-refractivity contribution < 1.29 is 0 Å². The Morgan fingerprint density at radius 1 is 1.24 bits per heavy atom. The maximum absolute atomic E-state index is 4.80. The summed E-state index contributed by atoms with van der Waals surface area (Å²) in [6.45, 7) is 8.13. The first-order valence-corrected chi connectivity index (χ1v) is 10.6. The molecule has 0 aliphatic carbocycles. The summed E-state index contributed by atoms with van der Waals surface area (Å²) in [6, 6.07) is 8.52. The second-order valence-electron chi connectivity index (χ2n) is 6.75. The number of allylic oxidation sites excluding steroid dienone is 1. The minimum absolute atomic E-state index is 0.814. The zero-order chi connectivity index (χ0) is 20.6. The molecule has 1 aliphatic rings. The largest absolute Gasteiger partial charge is 0.369 e. The third kappa shape index (κ3) is 5.65. The van der Waals surface area contributed by atoms with E-state index in [-0.39, 0.29) is 0 Å². The standard InChI is InChI=1S/C21H29N7S/c1-15-20(29-21(23-4)25-15)19(9-10-22-3)27-16(2)26-17-5-7-18(8-6-17)28-13-11-24-12-14-28/h5-10,24H,11-14H2,1-4H3,(H,23,25)(H,26,27)/b19-9-,22-10-. The topological polar surface area (TPSA) is 76.9 Å². The van der Waals surface area contributed by atoms with Crippen molar-refractivity contribution in [1.29, 1.82) is 0 Å². The number of aliphatic imine (C=N–C) groups is 2. The first-order valence-electron chi connectivity index (χ1n) is 9.76. The molecule has 0 radical (unpaired) electrons. The molecule has 0 saturated carbocycles. The van der Waals surface area contributed by atoms with Gasteiger partial charge in [0.15, 0.2) is 5.13 Å². The molecule has 8 heteroatoms. The smallest absolute Gasteiger partial charge is 0.183 e. The Hall–Kier alpha value is -2.71. The lowest BCUT2D eigenvalue weighted by atomic mass is 10.2. The van der Waals surface area contributed by atoms with Crippen molar-refractivity contribution in [3.05, 3.63) is 40.9 Å². The van der Waals surface area contributed by atoms with Gasteiger partial charge in [-0.25, -0.2) is 9.98 Å². The van der Waals surface area contributed by atoms with Gasteiger partial charge in [0.05, 0.1) is 16.3 Å². The van der Waals surface area contributed by atoms with Gasteiger partial charge in [-0.05, 0) is 44.2 Å². The summed E-state index contributed by atoms with van der Waals surface area (Å²) in [7, 11) is 3.63. The van der Waals surface area contributed by atoms with Gasteiger partial charge in [-0.15, -0.1) is 0 Å². The fraction of sp³-hybridized carbons (Fsp3) is 0.381. The number of hydrogen-bond donors (Lipinski definition) is 3. The maximum Gasteiger partial charge on any atom is 0.183 e. The van der Waals surface area contributed by atoms with E-state index in [4.69, 9.17) is 4.99 Å². The number of aryl methyl sites for hydroxylation is 1. The Morgan fingerprint density at radius 3 is 2.59 bits per heavy atom. The van der Waals surface area contributed by atoms with Crippen LogP contribution in [0.15, 0.2) is 40.3 Å². The van der Waals surface area contributed by atoms with E-state index in [0.29, 0.717) is 0 Å². The zero-order valence-electron chi connectivity index (χ0n) is 17.5. The van der Waals surface area contributed by atoms with Crippen LogP contribution in [-0.2, 0) is 0 Å². The molecule has 0 spiro atoms. The molecule has 1 fully saturated rings. The molecule has 1 aromatic carbocycles. The normalized spacial score (nSPS) is 15.8. The first-order chi connectivity index (χ1) is 14.1. The van der Waals surface area contributed by atoms with Crippen LogP contribution in [0.3, 0.4) is 0 Å². The number of nitrogens with zero attached hydrogens (tertiary/aromatic N) is 4. The van der Waals surface area contributed by atoms with Gasteiger partial charge in [-0.2, -0.15) is 0 Å². The second kappa shape index (κ2) is 10.2. The van der Waals surface area contributed by atoms with Gasteiger partial charge >= 0.3 is 0 Å². The summed E-state index contributed by atoms with van der Waals surface area (Å²) in [5.74, 6) is 0.814. The van der Waals surface area contributed by atoms with Crippen molar-refractivity contribution in [3.63, 3.8) is 0 Å². The summed E-state index contributed by atoms with van der Waals surface area (Å²) in [6.07, 6.45) is 3.67. The van der Waals surface area contributed by atoms with Gasteiger partial charge in [-0.1, -0.05) is 11.3 Å². The highest BCUT2D eigenvalue weighted by atomic mass is 32.1. The van der Waals surface area contributed by atoms with E-state index in [1.807, 2.05) is 27.0 Å². The summed E-state index contributed by atoms with van der Waals surface area (Å²) < 4.78 is 0. The molecule has 7 nitrogen and oxygen atoms in total. The third-order valence-electron chi connectivity index (χ3n) is 4.59. The molecule has 154 valence electrons. The van der Waals surface area contributed by atoms with Gasteiger partial charge in [-0.3, -0.25) is 4.99 Å². The van der Waals surface area contributed by atoms with E-state index in [0.717, 1.165) is 59.1 Å². The van der Waals surface area contributed by atoms with Crippen molar-refractivity contribution in [2.75, 3.05) is 55.8 Å². The Bertz CT molecular complexity index is 890. The molecular weight excluding hydrogens is 382 g/mol. The van der Waals surface area contributed by atoms with Gasteiger partial charge < -0.3 is 20.9 Å². The second-order valence-corrected chi connectivity index (χ2v) is 7.75. The molecule has 29 heavy (non-hydrogen) atoms. The highest BCUT2D eigenvalue weighted by Crippen LogP contribution is 2.30. The van der Waals surface area contributed by atoms with Crippen molar-refractivity contribution in [2.45, 2.75) is 13.8 Å². The average Bonchev–Trinajstić information content (AvgIpc) is 3.13. The van der Waals surface area contributed by atoms with E-state index in [1.54, 1.807) is 24.6 Å². The molecular formula is C21H29N7S. The van der Waals surface area contributed by atoms with E-state index < -0.39 is 0 Å². The lowest BCUT2D eigenvalue weighted by Gasteiger charge is -2.29. The summed E-state index contributed by atoms with van der Waals surface area (Å²) in [5, 5.41) is 10.8. The summed E-state index contributed by atoms with van der Waals surface area (Å²) >= 11 is 1.59. The highest BCUT2D eigenvalue weighted by molar-refractivity contribution is 7.16. The van der Waals surface area contributed by atoms with Crippen LogP contribution in [0.1, 0.15) is 17.5 Å². The summed E-state index contributed by atoms with van der Waals surface area (Å²) in [5.41, 5.74) is 4.07. The number of thiazole rings is 1. The molecule has 0 unspecified atom stereocenters. The maximum atomic E-state index is 4.80. The molecule has 0 amide bonds. The molecule has 0 bridgehead atoms. The quantitative estimate of drug-likeness (QED) is 0.501. The number of rotatable bonds is 6. The predicted molar refractivity (Wildman–Crippen MR) is 127 cm³/mol. The number of hydrogen-bond acceptors (Lipinski definition) is 7. The minimum Gasteiger partial charge on any atom is -0.369 e. The van der Waals surface area contributed by atoms with Gasteiger partial charge in [0.25, 0.3) is 0 Å². The zero-order valence-corrected chi connectivity index (χ0v) is 18.3. The number of nitrogens with one attached hydrogen (secondary N) is 3. The number of piperazine rings is 1. The van der Waals surface area contributed by atoms with Crippen LogP contribution in [0.4, 0.5) is 16.5 Å². The van der Waals surface area contributed by atoms with Crippen molar-refractivity contribution in [1.82, 2.24) is 10.3 Å². The SMILES string of the molecule is C\N=C/C=C(\N=C(/C)Nc1ccc(N2CCNCC2)cc1)c1sc(NC)nc1C. The lowest BCUT2D eigenvalue weighted by Crippen LogP contribution is -2.43. The van der Waals surface area contributed by atoms with Gasteiger partial charge in [0, 0.05) is 57.9 Å². The number of amidine groups is 1. The molecule has 2 heterocycles. The predicted octanol–water partition coefficient (Wildman–Crippen LogP) is 3.47. The fourth-order valence-corrected chi connectivity index (χ4v) is 4.04. The fourth-order valence-electron chi connectivity index (χ4n) is 3.15. The van der Waals surface area contributed by atoms with Crippen LogP contribution in [0.25, 0.3) is 5.70 Å².